The van der Waals surface area contributed by atoms with Crippen LogP contribution in [0, 0.1) is 5.92 Å². The van der Waals surface area contributed by atoms with Crippen molar-refractivity contribution in [1.29, 1.82) is 0 Å². The number of benzene rings is 1. The summed E-state index contributed by atoms with van der Waals surface area (Å²) in [5, 5.41) is 3.00. The van der Waals surface area contributed by atoms with E-state index in [1.807, 2.05) is 18.2 Å². The molecule has 0 saturated carbocycles. The molecule has 0 spiro atoms. The van der Waals surface area contributed by atoms with Gasteiger partial charge in [0.1, 0.15) is 13.2 Å². The van der Waals surface area contributed by atoms with E-state index in [2.05, 4.69) is 10.2 Å². The Morgan fingerprint density at radius 3 is 2.84 bits per heavy atom. The van der Waals surface area contributed by atoms with Crippen LogP contribution in [0.5, 0.6) is 11.5 Å². The van der Waals surface area contributed by atoms with Crippen LogP contribution in [-0.4, -0.2) is 67.6 Å². The lowest BCUT2D eigenvalue weighted by molar-refractivity contribution is -0.136. The molecule has 1 aromatic rings. The van der Waals surface area contributed by atoms with E-state index in [-0.39, 0.29) is 30.3 Å². The van der Waals surface area contributed by atoms with Crippen LogP contribution in [-0.2, 0) is 16.1 Å². The summed E-state index contributed by atoms with van der Waals surface area (Å²) in [4.78, 5) is 28.3. The minimum absolute atomic E-state index is 0.0511. The molecule has 0 radical (unpaired) electrons. The molecule has 0 aromatic heterocycles. The van der Waals surface area contributed by atoms with Crippen LogP contribution < -0.4 is 14.8 Å². The minimum atomic E-state index is -0.178. The lowest BCUT2D eigenvalue weighted by atomic mass is 9.91. The number of carbonyl (C=O) groups excluding carboxylic acids is 2. The van der Waals surface area contributed by atoms with Gasteiger partial charge in [0.25, 0.3) is 0 Å². The Balaban J connectivity index is 1.46. The molecule has 7 nitrogen and oxygen atoms in total. The summed E-state index contributed by atoms with van der Waals surface area (Å²) in [5.74, 6) is 1.38. The Kier molecular flexibility index (Phi) is 4.25. The van der Waals surface area contributed by atoms with Crippen LogP contribution in [0.15, 0.2) is 18.2 Å². The van der Waals surface area contributed by atoms with Gasteiger partial charge in [0.05, 0.1) is 12.5 Å². The van der Waals surface area contributed by atoms with Gasteiger partial charge in [-0.2, -0.15) is 0 Å². The quantitative estimate of drug-likeness (QED) is 0.831. The summed E-state index contributed by atoms with van der Waals surface area (Å²) >= 11 is 0. The highest BCUT2D eigenvalue weighted by molar-refractivity contribution is 5.89. The first-order valence-corrected chi connectivity index (χ1v) is 8.75. The van der Waals surface area contributed by atoms with Crippen molar-refractivity contribution >= 4 is 11.8 Å². The number of amides is 2. The average Bonchev–Trinajstić information content (AvgIpc) is 2.71. The molecule has 1 N–H and O–H groups in total. The molecule has 1 aromatic carbocycles. The number of rotatable bonds is 2. The lowest BCUT2D eigenvalue weighted by Crippen LogP contribution is -2.52. The number of likely N-dealkylation sites (tertiary alicyclic amines) is 1. The topological polar surface area (TPSA) is 71.1 Å². The second-order valence-corrected chi connectivity index (χ2v) is 6.98. The van der Waals surface area contributed by atoms with Gasteiger partial charge in [-0.1, -0.05) is 6.07 Å². The van der Waals surface area contributed by atoms with E-state index in [9.17, 15) is 9.59 Å². The highest BCUT2D eigenvalue weighted by Gasteiger charge is 2.39. The molecule has 134 valence electrons. The molecular weight excluding hydrogens is 322 g/mol. The van der Waals surface area contributed by atoms with Crippen LogP contribution in [0.25, 0.3) is 0 Å². The van der Waals surface area contributed by atoms with Gasteiger partial charge in [0.15, 0.2) is 11.5 Å². The maximum absolute atomic E-state index is 12.6. The minimum Gasteiger partial charge on any atom is -0.486 e. The van der Waals surface area contributed by atoms with E-state index in [4.69, 9.17) is 9.47 Å². The second-order valence-electron chi connectivity index (χ2n) is 6.98. The van der Waals surface area contributed by atoms with Crippen LogP contribution in [0.1, 0.15) is 12.0 Å². The highest BCUT2D eigenvalue weighted by Crippen LogP contribution is 2.31. The third-order valence-electron chi connectivity index (χ3n) is 5.13. The van der Waals surface area contributed by atoms with Crippen molar-refractivity contribution in [3.63, 3.8) is 0 Å². The zero-order valence-electron chi connectivity index (χ0n) is 14.4. The van der Waals surface area contributed by atoms with Crippen molar-refractivity contribution in [3.05, 3.63) is 23.8 Å². The van der Waals surface area contributed by atoms with E-state index in [0.717, 1.165) is 36.6 Å². The SMILES string of the molecule is CN1CC(=O)N[C@@H]2CCN(Cc3ccc4c(c3)OCCO4)C[C@@H]2C1=O. The van der Waals surface area contributed by atoms with E-state index in [1.54, 1.807) is 7.05 Å². The Bertz CT molecular complexity index is 693. The highest BCUT2D eigenvalue weighted by atomic mass is 16.6. The van der Waals surface area contributed by atoms with Crippen LogP contribution in [0.4, 0.5) is 0 Å². The fourth-order valence-electron chi connectivity index (χ4n) is 3.86. The molecule has 2 atom stereocenters. The number of carbonyl (C=O) groups is 2. The van der Waals surface area contributed by atoms with Gasteiger partial charge in [-0.15, -0.1) is 0 Å². The molecule has 3 aliphatic rings. The normalized spacial score (nSPS) is 26.7. The molecule has 0 unspecified atom stereocenters. The Labute approximate surface area is 146 Å². The van der Waals surface area contributed by atoms with Crippen LogP contribution in [0.3, 0.4) is 0 Å². The van der Waals surface area contributed by atoms with Gasteiger partial charge >= 0.3 is 0 Å². The molecule has 3 aliphatic heterocycles. The number of nitrogens with zero attached hydrogens (tertiary/aromatic N) is 2. The number of ether oxygens (including phenoxy) is 2. The maximum Gasteiger partial charge on any atom is 0.239 e. The Hall–Kier alpha value is -2.28. The lowest BCUT2D eigenvalue weighted by Gasteiger charge is -2.37. The first-order valence-electron chi connectivity index (χ1n) is 8.75. The average molecular weight is 345 g/mol. The number of piperidine rings is 1. The van der Waals surface area contributed by atoms with Crippen LogP contribution >= 0.6 is 0 Å². The van der Waals surface area contributed by atoms with Gasteiger partial charge in [-0.3, -0.25) is 14.5 Å². The Morgan fingerprint density at radius 1 is 1.20 bits per heavy atom. The van der Waals surface area contributed by atoms with E-state index >= 15 is 0 Å². The monoisotopic (exact) mass is 345 g/mol. The van der Waals surface area contributed by atoms with E-state index < -0.39 is 0 Å². The van der Waals surface area contributed by atoms with Gasteiger partial charge in [-0.05, 0) is 24.1 Å². The summed E-state index contributed by atoms with van der Waals surface area (Å²) in [5.41, 5.74) is 1.14. The second kappa shape index (κ2) is 6.55. The Morgan fingerprint density at radius 2 is 2.00 bits per heavy atom. The van der Waals surface area contributed by atoms with Crippen LogP contribution in [0.2, 0.25) is 0 Å². The number of likely N-dealkylation sites (N-methyl/N-ethyl adjacent to an activating group) is 1. The predicted octanol–water partition coefficient (Wildman–Crippen LogP) is 0.237. The third-order valence-corrected chi connectivity index (χ3v) is 5.13. The van der Waals surface area contributed by atoms with Crippen molar-refractivity contribution in [2.75, 3.05) is 39.9 Å². The molecule has 0 bridgehead atoms. The largest absolute Gasteiger partial charge is 0.486 e. The summed E-state index contributed by atoms with van der Waals surface area (Å²) in [6.45, 7) is 3.57. The zero-order valence-corrected chi connectivity index (χ0v) is 14.4. The summed E-state index contributed by atoms with van der Waals surface area (Å²) in [6.07, 6.45) is 0.792. The van der Waals surface area contributed by atoms with Gasteiger partial charge < -0.3 is 19.7 Å². The molecular formula is C18H23N3O4. The van der Waals surface area contributed by atoms with Crippen molar-refractivity contribution in [2.24, 2.45) is 5.92 Å². The smallest absolute Gasteiger partial charge is 0.239 e. The summed E-state index contributed by atoms with van der Waals surface area (Å²) in [7, 11) is 1.70. The third kappa shape index (κ3) is 3.28. The first-order chi connectivity index (χ1) is 12.1. The number of fused-ring (bicyclic) bond motifs is 2. The molecule has 4 rings (SSSR count). The van der Waals surface area contributed by atoms with Gasteiger partial charge in [-0.25, -0.2) is 0 Å². The number of hydrogen-bond acceptors (Lipinski definition) is 5. The van der Waals surface area contributed by atoms with Gasteiger partial charge in [0, 0.05) is 32.7 Å². The zero-order chi connectivity index (χ0) is 17.4. The number of nitrogens with one attached hydrogen (secondary N) is 1. The molecule has 7 heteroatoms. The predicted molar refractivity (Wildman–Crippen MR) is 90.4 cm³/mol. The summed E-state index contributed by atoms with van der Waals surface area (Å²) in [6, 6.07) is 5.95. The molecule has 25 heavy (non-hydrogen) atoms. The number of hydrogen-bond donors (Lipinski definition) is 1. The van der Waals surface area contributed by atoms with Crippen molar-refractivity contribution < 1.29 is 19.1 Å². The molecule has 2 fully saturated rings. The van der Waals surface area contributed by atoms with Crippen molar-refractivity contribution in [2.45, 2.75) is 19.0 Å². The van der Waals surface area contributed by atoms with E-state index in [0.29, 0.717) is 19.8 Å². The first kappa shape index (κ1) is 16.2. The van der Waals surface area contributed by atoms with Crippen molar-refractivity contribution in [3.8, 4) is 11.5 Å². The molecule has 2 amide bonds. The standard InChI is InChI=1S/C18H23N3O4/c1-20-11-17(22)19-14-4-5-21(10-13(14)18(20)23)9-12-2-3-15-16(8-12)25-7-6-24-15/h2-3,8,13-14H,4-7,9-11H2,1H3,(H,19,22)/t13-,14+/m0/s1. The maximum atomic E-state index is 12.6. The van der Waals surface area contributed by atoms with Crippen molar-refractivity contribution in [1.82, 2.24) is 15.1 Å². The van der Waals surface area contributed by atoms with Gasteiger partial charge in [0.2, 0.25) is 11.8 Å². The summed E-state index contributed by atoms with van der Waals surface area (Å²) < 4.78 is 11.2. The molecule has 2 saturated heterocycles. The fourth-order valence-corrected chi connectivity index (χ4v) is 3.86. The van der Waals surface area contributed by atoms with E-state index in [1.165, 1.54) is 4.90 Å². The molecule has 3 heterocycles. The molecule has 0 aliphatic carbocycles. The fraction of sp³-hybridized carbons (Fsp3) is 0.556.